The first-order chi connectivity index (χ1) is 14.1. The van der Waals surface area contributed by atoms with Crippen LogP contribution in [-0.4, -0.2) is 33.7 Å². The molecule has 0 radical (unpaired) electrons. The Hall–Kier alpha value is -3.20. The van der Waals surface area contributed by atoms with E-state index in [0.717, 1.165) is 16.9 Å². The molecule has 2 N–H and O–H groups in total. The summed E-state index contributed by atoms with van der Waals surface area (Å²) >= 11 is 1.08. The molecule has 0 fully saturated rings. The lowest BCUT2D eigenvalue weighted by molar-refractivity contribution is -0.144. The van der Waals surface area contributed by atoms with E-state index in [-0.39, 0.29) is 35.8 Å². The van der Waals surface area contributed by atoms with Crippen LogP contribution in [0.4, 0.5) is 9.93 Å². The molecule has 2 rings (SSSR count). The number of ether oxygens (including phenoxy) is 2. The Labute approximate surface area is 178 Å². The van der Waals surface area contributed by atoms with E-state index in [1.54, 1.807) is 20.8 Å². The number of nitrogens with one attached hydrogen (secondary N) is 1. The molecule has 1 amide bonds. The summed E-state index contributed by atoms with van der Waals surface area (Å²) in [5.74, 6) is -1.60. The van der Waals surface area contributed by atoms with Gasteiger partial charge in [0.2, 0.25) is 0 Å². The summed E-state index contributed by atoms with van der Waals surface area (Å²) in [6.45, 7) is 5.36. The molecule has 160 valence electrons. The number of carbonyl (C=O) groups is 3. The molecule has 0 aliphatic carbocycles. The Bertz CT molecular complexity index is 915. The van der Waals surface area contributed by atoms with Gasteiger partial charge < -0.3 is 14.6 Å². The van der Waals surface area contributed by atoms with Gasteiger partial charge in [0.05, 0.1) is 11.3 Å². The van der Waals surface area contributed by atoms with Gasteiger partial charge in [0.1, 0.15) is 12.2 Å². The number of carboxylic acid groups (broad SMARTS) is 1. The molecule has 0 unspecified atom stereocenters. The van der Waals surface area contributed by atoms with Crippen molar-refractivity contribution in [3.8, 4) is 0 Å². The van der Waals surface area contributed by atoms with Crippen LogP contribution in [0, 0.1) is 0 Å². The highest BCUT2D eigenvalue weighted by Crippen LogP contribution is 2.23. The number of allylic oxidation sites excluding steroid dienone is 1. The molecule has 2 aromatic rings. The number of amides is 1. The number of benzene rings is 1. The molecule has 0 spiro atoms. The Morgan fingerprint density at radius 2 is 1.90 bits per heavy atom. The van der Waals surface area contributed by atoms with Crippen molar-refractivity contribution in [2.24, 2.45) is 0 Å². The fraction of sp³-hybridized carbons (Fsp3) is 0.333. The average molecular weight is 432 g/mol. The highest BCUT2D eigenvalue weighted by atomic mass is 32.1. The first-order valence-corrected chi connectivity index (χ1v) is 10.1. The van der Waals surface area contributed by atoms with Crippen LogP contribution in [0.3, 0.4) is 0 Å². The van der Waals surface area contributed by atoms with Crippen molar-refractivity contribution in [3.05, 3.63) is 53.0 Å². The third-order valence-electron chi connectivity index (χ3n) is 3.56. The molecule has 1 heterocycles. The van der Waals surface area contributed by atoms with Crippen LogP contribution in [-0.2, 0) is 25.7 Å². The minimum absolute atomic E-state index is 0.0385. The van der Waals surface area contributed by atoms with Crippen molar-refractivity contribution in [2.75, 3.05) is 5.32 Å². The molecule has 0 bridgehead atoms. The SMILES string of the molecule is CC(C)(C)OC(=O)Nc1nc(/C(=C\CCC(=O)OCc2ccccc2)C(=O)O)cs1. The number of carbonyl (C=O) groups excluding carboxylic acids is 2. The van der Waals surface area contributed by atoms with Crippen LogP contribution < -0.4 is 5.32 Å². The van der Waals surface area contributed by atoms with Crippen LogP contribution in [0.25, 0.3) is 5.57 Å². The number of rotatable bonds is 8. The molecule has 0 atom stereocenters. The second-order valence-electron chi connectivity index (χ2n) is 7.27. The standard InChI is InChI=1S/C21H24N2O6S/c1-21(2,3)29-20(27)23-19-22-16(13-30-19)15(18(25)26)10-7-11-17(24)28-12-14-8-5-4-6-9-14/h4-6,8-10,13H,7,11-12H2,1-3H3,(H,25,26)(H,22,23,27)/b15-10+. The van der Waals surface area contributed by atoms with Gasteiger partial charge in [-0.1, -0.05) is 36.4 Å². The Balaban J connectivity index is 1.91. The molecule has 1 aromatic carbocycles. The second-order valence-corrected chi connectivity index (χ2v) is 8.13. The lowest BCUT2D eigenvalue weighted by atomic mass is 10.1. The van der Waals surface area contributed by atoms with Gasteiger partial charge in [-0.25, -0.2) is 14.6 Å². The molecule has 0 saturated carbocycles. The van der Waals surface area contributed by atoms with Crippen LogP contribution >= 0.6 is 11.3 Å². The lowest BCUT2D eigenvalue weighted by Gasteiger charge is -2.18. The molecule has 0 aliphatic rings. The molecule has 0 aliphatic heterocycles. The van der Waals surface area contributed by atoms with E-state index in [1.807, 2.05) is 30.3 Å². The van der Waals surface area contributed by atoms with Crippen molar-refractivity contribution in [1.29, 1.82) is 0 Å². The Morgan fingerprint density at radius 3 is 2.53 bits per heavy atom. The quantitative estimate of drug-likeness (QED) is 0.467. The molecule has 1 aromatic heterocycles. The van der Waals surface area contributed by atoms with Crippen LogP contribution in [0.5, 0.6) is 0 Å². The molecular weight excluding hydrogens is 408 g/mol. The largest absolute Gasteiger partial charge is 0.478 e. The molecule has 9 heteroatoms. The molecule has 30 heavy (non-hydrogen) atoms. The summed E-state index contributed by atoms with van der Waals surface area (Å²) < 4.78 is 10.3. The van der Waals surface area contributed by atoms with E-state index in [2.05, 4.69) is 10.3 Å². The van der Waals surface area contributed by atoms with E-state index in [1.165, 1.54) is 11.5 Å². The van der Waals surface area contributed by atoms with E-state index in [4.69, 9.17) is 9.47 Å². The summed E-state index contributed by atoms with van der Waals surface area (Å²) in [6, 6.07) is 9.27. The normalized spacial score (nSPS) is 11.6. The zero-order valence-electron chi connectivity index (χ0n) is 17.0. The van der Waals surface area contributed by atoms with Crippen LogP contribution in [0.2, 0.25) is 0 Å². The highest BCUT2D eigenvalue weighted by molar-refractivity contribution is 7.14. The van der Waals surface area contributed by atoms with E-state index >= 15 is 0 Å². The predicted octanol–water partition coefficient (Wildman–Crippen LogP) is 4.48. The van der Waals surface area contributed by atoms with Crippen LogP contribution in [0.1, 0.15) is 44.9 Å². The Morgan fingerprint density at radius 1 is 1.20 bits per heavy atom. The first-order valence-electron chi connectivity index (χ1n) is 9.23. The van der Waals surface area contributed by atoms with Gasteiger partial charge in [0.25, 0.3) is 0 Å². The zero-order valence-corrected chi connectivity index (χ0v) is 17.8. The monoisotopic (exact) mass is 432 g/mol. The minimum atomic E-state index is -1.18. The third-order valence-corrected chi connectivity index (χ3v) is 4.32. The predicted molar refractivity (Wildman–Crippen MR) is 113 cm³/mol. The van der Waals surface area contributed by atoms with Gasteiger partial charge in [-0.05, 0) is 32.8 Å². The number of hydrogen-bond acceptors (Lipinski definition) is 7. The molecule has 0 saturated heterocycles. The summed E-state index contributed by atoms with van der Waals surface area (Å²) in [5, 5.41) is 13.7. The summed E-state index contributed by atoms with van der Waals surface area (Å²) in [4.78, 5) is 39.4. The van der Waals surface area contributed by atoms with Gasteiger partial charge in [-0.2, -0.15) is 0 Å². The van der Waals surface area contributed by atoms with Gasteiger partial charge in [0, 0.05) is 11.8 Å². The van der Waals surface area contributed by atoms with E-state index < -0.39 is 23.6 Å². The number of anilines is 1. The van der Waals surface area contributed by atoms with Gasteiger partial charge in [-0.3, -0.25) is 10.1 Å². The Kier molecular flexibility index (Phi) is 8.11. The number of esters is 1. The molecular formula is C21H24N2O6S. The van der Waals surface area contributed by atoms with Gasteiger partial charge >= 0.3 is 18.0 Å². The van der Waals surface area contributed by atoms with Gasteiger partial charge in [-0.15, -0.1) is 11.3 Å². The van der Waals surface area contributed by atoms with E-state index in [9.17, 15) is 19.5 Å². The first kappa shape index (κ1) is 23.1. The maximum absolute atomic E-state index is 11.9. The van der Waals surface area contributed by atoms with E-state index in [0.29, 0.717) is 0 Å². The fourth-order valence-corrected chi connectivity index (χ4v) is 2.99. The van der Waals surface area contributed by atoms with Crippen molar-refractivity contribution in [3.63, 3.8) is 0 Å². The molecule has 8 nitrogen and oxygen atoms in total. The van der Waals surface area contributed by atoms with Crippen molar-refractivity contribution >= 4 is 40.1 Å². The topological polar surface area (TPSA) is 115 Å². The number of thiazole rings is 1. The number of aromatic nitrogens is 1. The van der Waals surface area contributed by atoms with Crippen molar-refractivity contribution in [1.82, 2.24) is 4.98 Å². The zero-order chi connectivity index (χ0) is 22.1. The maximum Gasteiger partial charge on any atom is 0.413 e. The summed E-state index contributed by atoms with van der Waals surface area (Å²) in [5.41, 5.74) is 0.349. The maximum atomic E-state index is 11.9. The lowest BCUT2D eigenvalue weighted by Crippen LogP contribution is -2.27. The fourth-order valence-electron chi connectivity index (χ4n) is 2.29. The second kappa shape index (κ2) is 10.5. The number of hydrogen-bond donors (Lipinski definition) is 2. The number of carboxylic acids is 1. The van der Waals surface area contributed by atoms with Crippen molar-refractivity contribution < 1.29 is 29.0 Å². The summed E-state index contributed by atoms with van der Waals surface area (Å²) in [6.07, 6.45) is 0.960. The smallest absolute Gasteiger partial charge is 0.413 e. The third kappa shape index (κ3) is 8.04. The highest BCUT2D eigenvalue weighted by Gasteiger charge is 2.19. The number of aliphatic carboxylic acids is 1. The minimum Gasteiger partial charge on any atom is -0.478 e. The number of nitrogens with zero attached hydrogens (tertiary/aromatic N) is 1. The van der Waals surface area contributed by atoms with Crippen LogP contribution in [0.15, 0.2) is 41.8 Å². The summed E-state index contributed by atoms with van der Waals surface area (Å²) in [7, 11) is 0. The average Bonchev–Trinajstić information content (AvgIpc) is 3.10. The van der Waals surface area contributed by atoms with Gasteiger partial charge in [0.15, 0.2) is 5.13 Å². The van der Waals surface area contributed by atoms with Crippen molar-refractivity contribution in [2.45, 2.75) is 45.8 Å².